The summed E-state index contributed by atoms with van der Waals surface area (Å²) in [5.74, 6) is 0. The zero-order valence-electron chi connectivity index (χ0n) is 0.500. The van der Waals surface area contributed by atoms with Crippen LogP contribution in [0.25, 0.3) is 0 Å². The fourth-order valence-electron chi connectivity index (χ4n) is 0. The number of rotatable bonds is 0. The van der Waals surface area contributed by atoms with Crippen LogP contribution in [-0.4, -0.2) is 52.7 Å². The molecule has 0 unspecified atom stereocenters. The van der Waals surface area contributed by atoms with Crippen LogP contribution in [0.3, 0.4) is 0 Å². The first-order valence-electron chi connectivity index (χ1n) is 0. The van der Waals surface area contributed by atoms with Gasteiger partial charge in [-0.1, -0.05) is 0 Å². The second kappa shape index (κ2) is 27.6. The minimum absolute atomic E-state index is 0. The summed E-state index contributed by atoms with van der Waals surface area (Å²) < 4.78 is 0. The van der Waals surface area contributed by atoms with Crippen molar-refractivity contribution in [2.75, 3.05) is 0 Å². The van der Waals surface area contributed by atoms with Crippen molar-refractivity contribution in [2.45, 2.75) is 0 Å². The molecule has 0 rings (SSSR count). The molecule has 0 amide bonds. The summed E-state index contributed by atoms with van der Waals surface area (Å²) in [4.78, 5) is 0. The van der Waals surface area contributed by atoms with Crippen molar-refractivity contribution < 1.29 is 5.48 Å². The van der Waals surface area contributed by atoms with E-state index in [1.165, 1.54) is 0 Å². The molecule has 1 nitrogen and oxygen atoms in total. The molecule has 0 aliphatic carbocycles. The molecular formula is H10AlLiOSi. The maximum absolute atomic E-state index is 0. The Morgan fingerprint density at radius 3 is 1.00 bits per heavy atom. The minimum atomic E-state index is 0. The fourth-order valence-corrected chi connectivity index (χ4v) is 0. The summed E-state index contributed by atoms with van der Waals surface area (Å²) in [5.41, 5.74) is 0. The van der Waals surface area contributed by atoms with Gasteiger partial charge in [-0.3, -0.25) is 0 Å². The maximum atomic E-state index is 0. The second-order valence-electron chi connectivity index (χ2n) is 0. The molecule has 0 bridgehead atoms. The average molecular weight is 88.1 g/mol. The molecule has 0 saturated carbocycles. The Balaban J connectivity index is 0. The van der Waals surface area contributed by atoms with Gasteiger partial charge in [-0.25, -0.2) is 0 Å². The first kappa shape index (κ1) is 57.6. The van der Waals surface area contributed by atoms with Crippen molar-refractivity contribution in [3.63, 3.8) is 0 Å². The summed E-state index contributed by atoms with van der Waals surface area (Å²) in [5, 5.41) is 0. The molecule has 0 aliphatic heterocycles. The Labute approximate surface area is 52.8 Å². The molecule has 24 valence electrons. The van der Waals surface area contributed by atoms with E-state index in [9.17, 15) is 0 Å². The fraction of sp³-hybridized carbons (Fsp3) is 0. The van der Waals surface area contributed by atoms with E-state index in [0.29, 0.717) is 0 Å². The topological polar surface area (TPSA) is 31.5 Å². The van der Waals surface area contributed by atoms with Crippen LogP contribution in [0, 0.1) is 0 Å². The maximum Gasteiger partial charge on any atom is -0.0149 e. The van der Waals surface area contributed by atoms with E-state index < -0.39 is 0 Å². The number of hydrogen-bond donors (Lipinski definition) is 0. The average Bonchev–Trinajstić information content (AvgIpc) is 0. The van der Waals surface area contributed by atoms with Crippen LogP contribution in [0.4, 0.5) is 0 Å². The van der Waals surface area contributed by atoms with Gasteiger partial charge in [-0.2, -0.15) is 0 Å². The van der Waals surface area contributed by atoms with E-state index >= 15 is 0 Å². The van der Waals surface area contributed by atoms with Crippen LogP contribution in [0.5, 0.6) is 0 Å². The Morgan fingerprint density at radius 2 is 1.00 bits per heavy atom. The standard InChI is InChI=1S/Al.Li.H2O.H4Si.4H/h;;1H2;1H4;;;;. The predicted molar refractivity (Wildman–Crippen MR) is 32.0 cm³/mol. The van der Waals surface area contributed by atoms with E-state index in [0.717, 1.165) is 0 Å². The zero-order chi connectivity index (χ0) is 0. The van der Waals surface area contributed by atoms with Gasteiger partial charge in [0.25, 0.3) is 0 Å². The van der Waals surface area contributed by atoms with Gasteiger partial charge < -0.3 is 5.48 Å². The molecule has 0 aromatic rings. The van der Waals surface area contributed by atoms with Gasteiger partial charge in [0, 0.05) is 0 Å². The molecule has 0 radical (unpaired) electrons. The largest absolute Gasteiger partial charge is 0.0149 e. The molecule has 4 heavy (non-hydrogen) atoms. The van der Waals surface area contributed by atoms with E-state index in [1.807, 2.05) is 0 Å². The van der Waals surface area contributed by atoms with E-state index in [1.54, 1.807) is 0 Å². The monoisotopic (exact) mass is 88.0 g/mol. The molecule has 0 saturated heterocycles. The molecule has 0 aromatic heterocycles. The molecule has 4 heteroatoms. The normalized spacial score (nSPS) is 0. The van der Waals surface area contributed by atoms with Gasteiger partial charge in [0.2, 0.25) is 0 Å². The molecule has 0 spiro atoms. The van der Waals surface area contributed by atoms with Gasteiger partial charge in [-0.15, -0.1) is 0 Å². The Kier molecular flexibility index (Phi) is 397. The van der Waals surface area contributed by atoms with E-state index in [-0.39, 0.29) is 52.7 Å². The zero-order valence-corrected chi connectivity index (χ0v) is 0.500. The quantitative estimate of drug-likeness (QED) is 0.269. The summed E-state index contributed by atoms with van der Waals surface area (Å²) in [6.45, 7) is 0. The Hall–Kier alpha value is 1.31. The van der Waals surface area contributed by atoms with Gasteiger partial charge in [0.1, 0.15) is 0 Å². The second-order valence-corrected chi connectivity index (χ2v) is 0. The van der Waals surface area contributed by atoms with Gasteiger partial charge in [-0.05, 0) is 11.0 Å². The van der Waals surface area contributed by atoms with Crippen LogP contribution in [0.1, 0.15) is 0 Å². The van der Waals surface area contributed by atoms with Gasteiger partial charge in [0.15, 0.2) is 17.4 Å². The van der Waals surface area contributed by atoms with Crippen LogP contribution in [-0.2, 0) is 0 Å². The third kappa shape index (κ3) is 10.3. The van der Waals surface area contributed by atoms with Crippen molar-refractivity contribution in [2.24, 2.45) is 0 Å². The summed E-state index contributed by atoms with van der Waals surface area (Å²) in [6.07, 6.45) is 0. The predicted octanol–water partition coefficient (Wildman–Crippen LogP) is -4.11. The molecule has 0 fully saturated rings. The summed E-state index contributed by atoms with van der Waals surface area (Å²) in [7, 11) is 0. The molecular weight excluding hydrogens is 78.0 g/mol. The number of hydrogen-bond acceptors (Lipinski definition) is 0. The van der Waals surface area contributed by atoms with Crippen molar-refractivity contribution in [3.05, 3.63) is 0 Å². The van der Waals surface area contributed by atoms with Crippen molar-refractivity contribution >= 4 is 47.2 Å². The smallest absolute Gasteiger partial charge is 0.0149 e. The molecule has 2 N–H and O–H groups in total. The summed E-state index contributed by atoms with van der Waals surface area (Å²) >= 11 is 0. The van der Waals surface area contributed by atoms with E-state index in [4.69, 9.17) is 0 Å². The van der Waals surface area contributed by atoms with Crippen LogP contribution in [0.2, 0.25) is 0 Å². The Bertz CT molecular complexity index is 8.00. The minimum Gasteiger partial charge on any atom is -0.0149 e. The first-order valence-corrected chi connectivity index (χ1v) is 0. The van der Waals surface area contributed by atoms with Gasteiger partial charge in [0.05, 0.1) is 0 Å². The first-order chi connectivity index (χ1) is 0. The molecule has 0 aromatic carbocycles. The third-order valence-electron chi connectivity index (χ3n) is 0. The van der Waals surface area contributed by atoms with Crippen molar-refractivity contribution in [1.29, 1.82) is 0 Å². The third-order valence-corrected chi connectivity index (χ3v) is 0. The van der Waals surface area contributed by atoms with Crippen LogP contribution >= 0.6 is 0 Å². The summed E-state index contributed by atoms with van der Waals surface area (Å²) in [6, 6.07) is 0. The van der Waals surface area contributed by atoms with Crippen molar-refractivity contribution in [3.8, 4) is 0 Å². The molecule has 0 atom stereocenters. The van der Waals surface area contributed by atoms with Crippen LogP contribution < -0.4 is 0 Å². The Morgan fingerprint density at radius 1 is 1.00 bits per heavy atom. The van der Waals surface area contributed by atoms with Gasteiger partial charge >= 0.3 is 18.9 Å². The van der Waals surface area contributed by atoms with Crippen molar-refractivity contribution in [1.82, 2.24) is 0 Å². The van der Waals surface area contributed by atoms with Crippen LogP contribution in [0.15, 0.2) is 0 Å². The SMILES string of the molecule is O.[AlH3].[LiH].[SiH4]. The van der Waals surface area contributed by atoms with E-state index in [2.05, 4.69) is 0 Å². The molecule has 0 aliphatic rings. The molecule has 0 heterocycles.